The third kappa shape index (κ3) is 4.58. The van der Waals surface area contributed by atoms with Crippen LogP contribution in [0.4, 0.5) is 14.5 Å². The molecule has 1 heterocycles. The maximum Gasteiger partial charge on any atom is 0.341 e. The Bertz CT molecular complexity index is 996. The Morgan fingerprint density at radius 1 is 1.23 bits per heavy atom. The van der Waals surface area contributed by atoms with Gasteiger partial charge in [-0.2, -0.15) is 5.26 Å². The summed E-state index contributed by atoms with van der Waals surface area (Å²) in [4.78, 5) is 13.9. The van der Waals surface area contributed by atoms with Crippen molar-refractivity contribution in [3.05, 3.63) is 70.9 Å². The molecule has 1 aliphatic rings. The van der Waals surface area contributed by atoms with Gasteiger partial charge in [0.1, 0.15) is 22.9 Å². The molecule has 0 aromatic heterocycles. The van der Waals surface area contributed by atoms with E-state index in [-0.39, 0.29) is 24.7 Å². The van der Waals surface area contributed by atoms with Gasteiger partial charge in [0.15, 0.2) is 6.79 Å². The lowest BCUT2D eigenvalue weighted by Gasteiger charge is -2.20. The molecule has 0 radical (unpaired) electrons. The van der Waals surface area contributed by atoms with Crippen molar-refractivity contribution in [3.63, 3.8) is 0 Å². The van der Waals surface area contributed by atoms with Crippen molar-refractivity contribution in [1.82, 2.24) is 0 Å². The Labute approximate surface area is 172 Å². The molecule has 0 amide bonds. The van der Waals surface area contributed by atoms with Crippen LogP contribution in [0, 0.1) is 23.0 Å². The Balaban J connectivity index is 1.92. The van der Waals surface area contributed by atoms with E-state index >= 15 is 0 Å². The van der Waals surface area contributed by atoms with Crippen LogP contribution >= 0.6 is 0 Å². The number of anilines is 1. The average molecular weight is 414 g/mol. The Kier molecular flexibility index (Phi) is 6.65. The Morgan fingerprint density at radius 2 is 1.97 bits per heavy atom. The molecule has 156 valence electrons. The zero-order valence-electron chi connectivity index (χ0n) is 16.5. The van der Waals surface area contributed by atoms with Crippen molar-refractivity contribution in [2.24, 2.45) is 0 Å². The van der Waals surface area contributed by atoms with Gasteiger partial charge in [-0.25, -0.2) is 13.6 Å². The molecule has 0 bridgehead atoms. The van der Waals surface area contributed by atoms with Crippen molar-refractivity contribution in [2.45, 2.75) is 12.8 Å². The van der Waals surface area contributed by atoms with Gasteiger partial charge >= 0.3 is 5.97 Å². The third-order valence-corrected chi connectivity index (χ3v) is 4.59. The second-order valence-corrected chi connectivity index (χ2v) is 6.56. The Hall–Kier alpha value is -3.44. The molecule has 1 atom stereocenters. The number of benzene rings is 2. The summed E-state index contributed by atoms with van der Waals surface area (Å²) in [5, 5.41) is 9.51. The average Bonchev–Trinajstić information content (AvgIpc) is 3.16. The molecule has 0 saturated heterocycles. The first-order chi connectivity index (χ1) is 14.5. The van der Waals surface area contributed by atoms with E-state index < -0.39 is 23.5 Å². The molecule has 2 aromatic rings. The SMILES string of the molecule is CCOC(=O)c1ccc(N2C=C(C#N)C(c3cc(F)cc(F)c3)C2)cc1OCOC. The highest BCUT2D eigenvalue weighted by molar-refractivity contribution is 5.93. The van der Waals surface area contributed by atoms with Crippen molar-refractivity contribution >= 4 is 11.7 Å². The fraction of sp³-hybridized carbons (Fsp3) is 0.273. The van der Waals surface area contributed by atoms with E-state index in [0.29, 0.717) is 23.4 Å². The number of rotatable bonds is 7. The molecule has 0 saturated carbocycles. The quantitative estimate of drug-likeness (QED) is 0.501. The van der Waals surface area contributed by atoms with Crippen LogP contribution in [0.25, 0.3) is 0 Å². The van der Waals surface area contributed by atoms with E-state index in [1.165, 1.54) is 19.2 Å². The summed E-state index contributed by atoms with van der Waals surface area (Å²) in [6.45, 7) is 2.15. The zero-order valence-corrected chi connectivity index (χ0v) is 16.5. The van der Waals surface area contributed by atoms with Crippen LogP contribution in [0.3, 0.4) is 0 Å². The monoisotopic (exact) mass is 414 g/mol. The van der Waals surface area contributed by atoms with Gasteiger partial charge in [0.05, 0.1) is 18.2 Å². The molecule has 0 spiro atoms. The lowest BCUT2D eigenvalue weighted by molar-refractivity contribution is 0.0438. The van der Waals surface area contributed by atoms with Crippen LogP contribution in [0.5, 0.6) is 5.75 Å². The summed E-state index contributed by atoms with van der Waals surface area (Å²) in [5.41, 5.74) is 1.63. The van der Waals surface area contributed by atoms with Crippen LogP contribution in [0.15, 0.2) is 48.2 Å². The maximum absolute atomic E-state index is 13.7. The smallest absolute Gasteiger partial charge is 0.341 e. The van der Waals surface area contributed by atoms with Gasteiger partial charge in [0.2, 0.25) is 0 Å². The van der Waals surface area contributed by atoms with E-state index in [1.54, 1.807) is 36.2 Å². The number of nitrogens with zero attached hydrogens (tertiary/aromatic N) is 2. The van der Waals surface area contributed by atoms with Crippen molar-refractivity contribution in [3.8, 4) is 11.8 Å². The fourth-order valence-corrected chi connectivity index (χ4v) is 3.26. The summed E-state index contributed by atoms with van der Waals surface area (Å²) in [7, 11) is 1.46. The summed E-state index contributed by atoms with van der Waals surface area (Å²) in [5.74, 6) is -2.16. The minimum Gasteiger partial charge on any atom is -0.467 e. The molecule has 6 nitrogen and oxygen atoms in total. The highest BCUT2D eigenvalue weighted by Crippen LogP contribution is 2.36. The summed E-state index contributed by atoms with van der Waals surface area (Å²) < 4.78 is 42.8. The highest BCUT2D eigenvalue weighted by atomic mass is 19.1. The molecular weight excluding hydrogens is 394 g/mol. The predicted molar refractivity (Wildman–Crippen MR) is 105 cm³/mol. The van der Waals surface area contributed by atoms with Crippen LogP contribution in [0.2, 0.25) is 0 Å². The molecule has 0 fully saturated rings. The second kappa shape index (κ2) is 9.37. The molecule has 2 aromatic carbocycles. The standard InChI is InChI=1S/C22H20F2N2O4/c1-3-29-22(27)19-5-4-18(9-21(19)30-13-28-2)26-11-15(10-25)20(12-26)14-6-16(23)8-17(24)7-14/h4-9,11,20H,3,12-13H2,1-2H3. The van der Waals surface area contributed by atoms with Gasteiger partial charge < -0.3 is 19.1 Å². The lowest BCUT2D eigenvalue weighted by Crippen LogP contribution is -2.18. The van der Waals surface area contributed by atoms with Crippen LogP contribution in [-0.2, 0) is 9.47 Å². The minimum atomic E-state index is -0.699. The van der Waals surface area contributed by atoms with Crippen molar-refractivity contribution < 1.29 is 27.8 Å². The minimum absolute atomic E-state index is 0.0691. The van der Waals surface area contributed by atoms with Crippen LogP contribution in [0.1, 0.15) is 28.8 Å². The summed E-state index contributed by atoms with van der Waals surface area (Å²) in [6.07, 6.45) is 1.62. The predicted octanol–water partition coefficient (Wildman–Crippen LogP) is 4.14. The van der Waals surface area contributed by atoms with Crippen LogP contribution < -0.4 is 9.64 Å². The first kappa shape index (κ1) is 21.3. The first-order valence-corrected chi connectivity index (χ1v) is 9.24. The number of hydrogen-bond donors (Lipinski definition) is 0. The van der Waals surface area contributed by atoms with Gasteiger partial charge in [-0.3, -0.25) is 0 Å². The van der Waals surface area contributed by atoms with Gasteiger partial charge in [-0.05, 0) is 36.8 Å². The molecule has 0 aliphatic carbocycles. The number of esters is 1. The lowest BCUT2D eigenvalue weighted by atomic mass is 9.94. The van der Waals surface area contributed by atoms with Crippen molar-refractivity contribution in [1.29, 1.82) is 5.26 Å². The number of ether oxygens (including phenoxy) is 3. The summed E-state index contributed by atoms with van der Waals surface area (Å²) in [6, 6.07) is 10.2. The number of carbonyl (C=O) groups excluding carboxylic acids is 1. The highest BCUT2D eigenvalue weighted by Gasteiger charge is 2.28. The largest absolute Gasteiger partial charge is 0.467 e. The molecule has 1 unspecified atom stereocenters. The number of halogens is 2. The third-order valence-electron chi connectivity index (χ3n) is 4.59. The van der Waals surface area contributed by atoms with E-state index in [0.717, 1.165) is 6.07 Å². The molecule has 8 heteroatoms. The molecule has 0 N–H and O–H groups in total. The number of carbonyl (C=O) groups is 1. The van der Waals surface area contributed by atoms with Gasteiger partial charge in [-0.1, -0.05) is 0 Å². The summed E-state index contributed by atoms with van der Waals surface area (Å²) >= 11 is 0. The Morgan fingerprint density at radius 3 is 2.60 bits per heavy atom. The van der Waals surface area contributed by atoms with E-state index in [9.17, 15) is 18.8 Å². The van der Waals surface area contributed by atoms with Gasteiger partial charge in [0, 0.05) is 43.6 Å². The topological polar surface area (TPSA) is 71.8 Å². The van der Waals surface area contributed by atoms with E-state index in [4.69, 9.17) is 14.2 Å². The van der Waals surface area contributed by atoms with Crippen molar-refractivity contribution in [2.75, 3.05) is 32.0 Å². The van der Waals surface area contributed by atoms with E-state index in [2.05, 4.69) is 6.07 Å². The van der Waals surface area contributed by atoms with E-state index in [1.807, 2.05) is 0 Å². The zero-order chi connectivity index (χ0) is 21.7. The maximum atomic E-state index is 13.7. The first-order valence-electron chi connectivity index (χ1n) is 9.24. The molecular formula is C22H20F2N2O4. The molecule has 30 heavy (non-hydrogen) atoms. The number of nitriles is 1. The molecule has 3 rings (SSSR count). The molecule has 1 aliphatic heterocycles. The number of hydrogen-bond acceptors (Lipinski definition) is 6. The normalized spacial score (nSPS) is 15.5. The van der Waals surface area contributed by atoms with Gasteiger partial charge in [0.25, 0.3) is 0 Å². The van der Waals surface area contributed by atoms with Gasteiger partial charge in [-0.15, -0.1) is 0 Å². The number of methoxy groups -OCH3 is 1. The fourth-order valence-electron chi connectivity index (χ4n) is 3.26. The van der Waals surface area contributed by atoms with Crippen LogP contribution in [-0.4, -0.2) is 33.0 Å². The second-order valence-electron chi connectivity index (χ2n) is 6.56.